The van der Waals surface area contributed by atoms with E-state index < -0.39 is 22.8 Å². The molecule has 3 saturated carbocycles. The summed E-state index contributed by atoms with van der Waals surface area (Å²) in [6.07, 6.45) is 6.68. The fourth-order valence-corrected chi connectivity index (χ4v) is 10.3. The molecule has 0 radical (unpaired) electrons. The Morgan fingerprint density at radius 2 is 1.56 bits per heavy atom. The van der Waals surface area contributed by atoms with E-state index in [0.29, 0.717) is 12.8 Å². The molecule has 1 heterocycles. The summed E-state index contributed by atoms with van der Waals surface area (Å²) >= 11 is 0. The Kier molecular flexibility index (Phi) is 6.35. The number of hydrogen-bond donors (Lipinski definition) is 2. The smallest absolute Gasteiger partial charge is 0.309 e. The molecule has 0 amide bonds. The van der Waals surface area contributed by atoms with Crippen LogP contribution in [-0.2, 0) is 19.1 Å². The fourth-order valence-electron chi connectivity index (χ4n) is 10.3. The van der Waals surface area contributed by atoms with Crippen molar-refractivity contribution < 1.29 is 29.3 Å². The van der Waals surface area contributed by atoms with Crippen LogP contribution in [0, 0.1) is 45.3 Å². The minimum absolute atomic E-state index is 0.101. The molecule has 1 saturated heterocycles. The normalized spacial score (nSPS) is 46.6. The van der Waals surface area contributed by atoms with E-state index in [1.807, 2.05) is 6.92 Å². The third kappa shape index (κ3) is 3.79. The molecule has 8 atom stereocenters. The van der Waals surface area contributed by atoms with Crippen LogP contribution in [0.2, 0.25) is 0 Å². The van der Waals surface area contributed by atoms with Gasteiger partial charge in [-0.05, 0) is 114 Å². The highest BCUT2D eigenvalue weighted by Crippen LogP contribution is 2.74. The van der Waals surface area contributed by atoms with Crippen LogP contribution in [0.4, 0.5) is 0 Å². The molecule has 2 N–H and O–H groups in total. The molecular weight excluding hydrogens is 456 g/mol. The molecule has 6 nitrogen and oxygen atoms in total. The second-order valence-corrected chi connectivity index (χ2v) is 14.9. The molecule has 4 fully saturated rings. The van der Waals surface area contributed by atoms with Crippen molar-refractivity contribution in [3.63, 3.8) is 0 Å². The van der Waals surface area contributed by atoms with Crippen LogP contribution in [0.15, 0.2) is 0 Å². The summed E-state index contributed by atoms with van der Waals surface area (Å²) < 4.78 is 6.74. The summed E-state index contributed by atoms with van der Waals surface area (Å²) in [4.78, 5) is 38.7. The summed E-state index contributed by atoms with van der Waals surface area (Å²) in [5, 5.41) is 20.1. The molecule has 4 rings (SSSR count). The Hall–Kier alpha value is -1.43. The lowest BCUT2D eigenvalue weighted by atomic mass is 9.36. The van der Waals surface area contributed by atoms with Crippen molar-refractivity contribution in [1.29, 1.82) is 0 Å². The summed E-state index contributed by atoms with van der Waals surface area (Å²) in [5.74, 6) is -2.00. The van der Waals surface area contributed by atoms with Gasteiger partial charge < -0.3 is 14.9 Å². The largest absolute Gasteiger partial charge is 0.481 e. The fraction of sp³-hybridized carbons (Fsp3) is 0.900. The molecule has 3 aliphatic carbocycles. The molecule has 36 heavy (non-hydrogen) atoms. The molecule has 0 spiro atoms. The second kappa shape index (κ2) is 8.28. The van der Waals surface area contributed by atoms with Gasteiger partial charge in [-0.3, -0.25) is 14.4 Å². The number of ketones is 1. The van der Waals surface area contributed by atoms with Gasteiger partial charge in [0.05, 0.1) is 23.0 Å². The molecule has 0 bridgehead atoms. The van der Waals surface area contributed by atoms with Crippen LogP contribution in [-0.4, -0.2) is 39.1 Å². The molecule has 1 aliphatic heterocycles. The summed E-state index contributed by atoms with van der Waals surface area (Å²) in [6, 6.07) is 0. The highest BCUT2D eigenvalue weighted by atomic mass is 16.5. The lowest BCUT2D eigenvalue weighted by Gasteiger charge is -2.67. The van der Waals surface area contributed by atoms with E-state index in [1.54, 1.807) is 13.8 Å². The first kappa shape index (κ1) is 27.6. The van der Waals surface area contributed by atoms with Gasteiger partial charge in [0.25, 0.3) is 0 Å². The molecule has 204 valence electrons. The van der Waals surface area contributed by atoms with Gasteiger partial charge in [0, 0.05) is 12.3 Å². The van der Waals surface area contributed by atoms with Crippen LogP contribution in [0.1, 0.15) is 113 Å². The minimum Gasteiger partial charge on any atom is -0.481 e. The molecular formula is C30H48O6. The van der Waals surface area contributed by atoms with Crippen molar-refractivity contribution >= 4 is 17.7 Å². The number of carbonyl (C=O) groups is 3. The van der Waals surface area contributed by atoms with E-state index >= 15 is 0 Å². The van der Waals surface area contributed by atoms with E-state index in [1.165, 1.54) is 0 Å². The average Bonchev–Trinajstić information content (AvgIpc) is 3.09. The van der Waals surface area contributed by atoms with Crippen molar-refractivity contribution in [3.8, 4) is 0 Å². The van der Waals surface area contributed by atoms with E-state index in [4.69, 9.17) is 4.74 Å². The highest BCUT2D eigenvalue weighted by Gasteiger charge is 2.71. The Labute approximate surface area is 216 Å². The van der Waals surface area contributed by atoms with Gasteiger partial charge in [0.15, 0.2) is 0 Å². The van der Waals surface area contributed by atoms with E-state index in [2.05, 4.69) is 34.6 Å². The number of hydrogen-bond acceptors (Lipinski definition) is 4. The van der Waals surface area contributed by atoms with E-state index in [9.17, 15) is 24.6 Å². The highest BCUT2D eigenvalue weighted by molar-refractivity contribution is 5.85. The predicted molar refractivity (Wildman–Crippen MR) is 137 cm³/mol. The van der Waals surface area contributed by atoms with Crippen LogP contribution >= 0.6 is 0 Å². The van der Waals surface area contributed by atoms with Crippen LogP contribution in [0.3, 0.4) is 0 Å². The van der Waals surface area contributed by atoms with Gasteiger partial charge in [-0.15, -0.1) is 0 Å². The summed E-state index contributed by atoms with van der Waals surface area (Å²) in [7, 11) is 0. The number of rotatable bonds is 5. The van der Waals surface area contributed by atoms with Gasteiger partial charge in [-0.25, -0.2) is 0 Å². The summed E-state index contributed by atoms with van der Waals surface area (Å²) in [6.45, 7) is 16.5. The number of carboxylic acid groups (broad SMARTS) is 2. The third-order valence-electron chi connectivity index (χ3n) is 12.1. The van der Waals surface area contributed by atoms with Crippen molar-refractivity contribution in [2.24, 2.45) is 45.3 Å². The Balaban J connectivity index is 1.77. The monoisotopic (exact) mass is 504 g/mol. The first-order valence-corrected chi connectivity index (χ1v) is 14.0. The molecule has 0 aromatic heterocycles. The number of carbonyl (C=O) groups excluding carboxylic acids is 1. The van der Waals surface area contributed by atoms with Crippen molar-refractivity contribution in [2.75, 3.05) is 0 Å². The quantitative estimate of drug-likeness (QED) is 0.452. The van der Waals surface area contributed by atoms with Crippen molar-refractivity contribution in [3.05, 3.63) is 0 Å². The lowest BCUT2D eigenvalue weighted by molar-refractivity contribution is -0.221. The molecule has 2 unspecified atom stereocenters. The number of carboxylic acids is 2. The second-order valence-electron chi connectivity index (χ2n) is 14.9. The number of aliphatic carboxylic acids is 2. The van der Waals surface area contributed by atoms with E-state index in [-0.39, 0.29) is 57.9 Å². The van der Waals surface area contributed by atoms with Gasteiger partial charge in [-0.2, -0.15) is 0 Å². The average molecular weight is 505 g/mol. The Morgan fingerprint density at radius 1 is 0.944 bits per heavy atom. The maximum atomic E-state index is 14.2. The summed E-state index contributed by atoms with van der Waals surface area (Å²) in [5.41, 5.74) is -2.89. The first-order chi connectivity index (χ1) is 16.3. The van der Waals surface area contributed by atoms with Gasteiger partial charge in [0.2, 0.25) is 0 Å². The zero-order chi connectivity index (χ0) is 27.1. The zero-order valence-corrected chi connectivity index (χ0v) is 23.7. The number of fused-ring (bicyclic) bond motifs is 3. The van der Waals surface area contributed by atoms with Gasteiger partial charge in [0.1, 0.15) is 5.78 Å². The standard InChI is InChI=1S/C30H48O6/c1-25(2)12-9-13-30(8,36-25)18-10-14-29(7)23(18)19(31)16-21-27(5,17-22(32)33)20(11-15-28(21,29)6)26(3,4)24(34)35/h18,20-21,23H,9-17H2,1-8H3,(H,32,33)(H,34,35)/t18-,20-,21?,23?,27-,28+,29+,30+/m0/s1. The third-order valence-corrected chi connectivity index (χ3v) is 12.1. The number of ether oxygens (including phenoxy) is 1. The Morgan fingerprint density at radius 3 is 2.11 bits per heavy atom. The Bertz CT molecular complexity index is 953. The molecule has 4 aliphatic rings. The van der Waals surface area contributed by atoms with Gasteiger partial charge in [-0.1, -0.05) is 20.8 Å². The minimum atomic E-state index is -1.07. The molecule has 0 aromatic carbocycles. The zero-order valence-electron chi connectivity index (χ0n) is 23.7. The lowest BCUT2D eigenvalue weighted by Crippen LogP contribution is -2.65. The van der Waals surface area contributed by atoms with E-state index in [0.717, 1.165) is 38.5 Å². The first-order valence-electron chi connectivity index (χ1n) is 14.0. The van der Waals surface area contributed by atoms with Crippen molar-refractivity contribution in [2.45, 2.75) is 124 Å². The topological polar surface area (TPSA) is 101 Å². The number of Topliss-reactive ketones (excluding diaryl/α,β-unsaturated/α-hetero) is 1. The predicted octanol–water partition coefficient (Wildman–Crippen LogP) is 6.35. The van der Waals surface area contributed by atoms with Crippen LogP contribution in [0.25, 0.3) is 0 Å². The van der Waals surface area contributed by atoms with Crippen LogP contribution in [0.5, 0.6) is 0 Å². The molecule has 0 aromatic rings. The maximum Gasteiger partial charge on any atom is 0.309 e. The van der Waals surface area contributed by atoms with Crippen LogP contribution < -0.4 is 0 Å². The maximum absolute atomic E-state index is 14.2. The SMILES string of the molecule is CC1(C)CCC[C@](C)([C@H]2CC[C@]3(C)C2C(=O)CC2[C@@](C)(CC(=O)O)[C@H](C(C)(C)C(=O)O)CC[C@]23C)O1. The van der Waals surface area contributed by atoms with Gasteiger partial charge >= 0.3 is 11.9 Å². The molecule has 6 heteroatoms. The van der Waals surface area contributed by atoms with Crippen molar-refractivity contribution in [1.82, 2.24) is 0 Å².